The number of alkyl halides is 3. The first-order valence-electron chi connectivity index (χ1n) is 5.81. The standard InChI is InChI=1S/C11H20F3NO3/c1-8(2)9(3-5-16)15-10(17)4-6-18-7-11(12,13)14/h8-9,16H,3-7H2,1-2H3,(H,15,17). The summed E-state index contributed by atoms with van der Waals surface area (Å²) in [6.07, 6.45) is -4.06. The van der Waals surface area contributed by atoms with Crippen molar-refractivity contribution < 1.29 is 27.8 Å². The minimum absolute atomic E-state index is 0.0479. The normalized spacial score (nSPS) is 13.7. The third-order valence-corrected chi connectivity index (χ3v) is 2.33. The van der Waals surface area contributed by atoms with E-state index in [9.17, 15) is 18.0 Å². The van der Waals surface area contributed by atoms with Crippen molar-refractivity contribution in [2.75, 3.05) is 19.8 Å². The number of carbonyl (C=O) groups is 1. The van der Waals surface area contributed by atoms with Gasteiger partial charge in [-0.05, 0) is 12.3 Å². The second-order valence-corrected chi connectivity index (χ2v) is 4.35. The molecule has 0 aliphatic carbocycles. The summed E-state index contributed by atoms with van der Waals surface area (Å²) in [6, 6.07) is -0.176. The van der Waals surface area contributed by atoms with Gasteiger partial charge in [0, 0.05) is 19.1 Å². The Hall–Kier alpha value is -0.820. The SMILES string of the molecule is CC(C)C(CCO)NC(=O)CCOCC(F)(F)F. The molecule has 7 heteroatoms. The summed E-state index contributed by atoms with van der Waals surface area (Å²) in [5, 5.41) is 11.5. The van der Waals surface area contributed by atoms with Crippen LogP contribution in [0.5, 0.6) is 0 Å². The Morgan fingerprint density at radius 3 is 2.44 bits per heavy atom. The molecule has 0 aromatic carbocycles. The van der Waals surface area contributed by atoms with Gasteiger partial charge in [-0.3, -0.25) is 4.79 Å². The van der Waals surface area contributed by atoms with E-state index < -0.39 is 12.8 Å². The van der Waals surface area contributed by atoms with Crippen molar-refractivity contribution in [3.05, 3.63) is 0 Å². The smallest absolute Gasteiger partial charge is 0.396 e. The van der Waals surface area contributed by atoms with Gasteiger partial charge in [0.2, 0.25) is 5.91 Å². The lowest BCUT2D eigenvalue weighted by Gasteiger charge is -2.21. The van der Waals surface area contributed by atoms with E-state index in [-0.39, 0.29) is 37.5 Å². The first-order valence-corrected chi connectivity index (χ1v) is 5.81. The quantitative estimate of drug-likeness (QED) is 0.657. The van der Waals surface area contributed by atoms with Gasteiger partial charge in [-0.1, -0.05) is 13.8 Å². The van der Waals surface area contributed by atoms with E-state index in [1.807, 2.05) is 13.8 Å². The van der Waals surface area contributed by atoms with E-state index in [1.165, 1.54) is 0 Å². The van der Waals surface area contributed by atoms with Crippen LogP contribution in [0.2, 0.25) is 0 Å². The zero-order chi connectivity index (χ0) is 14.2. The highest BCUT2D eigenvalue weighted by molar-refractivity contribution is 5.76. The predicted molar refractivity (Wildman–Crippen MR) is 60.0 cm³/mol. The topological polar surface area (TPSA) is 58.6 Å². The van der Waals surface area contributed by atoms with Crippen molar-refractivity contribution in [2.45, 2.75) is 38.9 Å². The summed E-state index contributed by atoms with van der Waals surface area (Å²) in [6.45, 7) is 2.12. The highest BCUT2D eigenvalue weighted by Gasteiger charge is 2.27. The minimum atomic E-state index is -4.37. The maximum absolute atomic E-state index is 11.7. The Morgan fingerprint density at radius 1 is 1.39 bits per heavy atom. The lowest BCUT2D eigenvalue weighted by Crippen LogP contribution is -2.39. The van der Waals surface area contributed by atoms with Crippen LogP contribution in [0.1, 0.15) is 26.7 Å². The second kappa shape index (κ2) is 8.31. The Bertz CT molecular complexity index is 244. The molecule has 1 amide bonds. The van der Waals surface area contributed by atoms with Crippen LogP contribution in [0, 0.1) is 5.92 Å². The number of aliphatic hydroxyl groups is 1. The van der Waals surface area contributed by atoms with Gasteiger partial charge in [-0.15, -0.1) is 0 Å². The van der Waals surface area contributed by atoms with Crippen LogP contribution >= 0.6 is 0 Å². The number of aliphatic hydroxyl groups excluding tert-OH is 1. The molecule has 0 saturated heterocycles. The highest BCUT2D eigenvalue weighted by Crippen LogP contribution is 2.14. The molecule has 0 aliphatic heterocycles. The molecular formula is C11H20F3NO3. The molecule has 1 atom stereocenters. The van der Waals surface area contributed by atoms with Gasteiger partial charge >= 0.3 is 6.18 Å². The Balaban J connectivity index is 3.82. The zero-order valence-corrected chi connectivity index (χ0v) is 10.6. The lowest BCUT2D eigenvalue weighted by molar-refractivity contribution is -0.174. The molecule has 108 valence electrons. The minimum Gasteiger partial charge on any atom is -0.396 e. The van der Waals surface area contributed by atoms with Crippen molar-refractivity contribution in [3.63, 3.8) is 0 Å². The first kappa shape index (κ1) is 17.2. The van der Waals surface area contributed by atoms with E-state index in [0.717, 1.165) is 0 Å². The van der Waals surface area contributed by atoms with Crippen LogP contribution in [-0.4, -0.2) is 43.1 Å². The molecule has 0 aliphatic rings. The fraction of sp³-hybridized carbons (Fsp3) is 0.909. The van der Waals surface area contributed by atoms with Crippen molar-refractivity contribution in [1.29, 1.82) is 0 Å². The van der Waals surface area contributed by atoms with Gasteiger partial charge in [0.15, 0.2) is 0 Å². The van der Waals surface area contributed by atoms with E-state index in [4.69, 9.17) is 5.11 Å². The molecular weight excluding hydrogens is 251 g/mol. The summed E-state index contributed by atoms with van der Waals surface area (Å²) in [5.41, 5.74) is 0. The number of halogens is 3. The number of rotatable bonds is 8. The van der Waals surface area contributed by atoms with Crippen LogP contribution in [0.25, 0.3) is 0 Å². The molecule has 2 N–H and O–H groups in total. The highest BCUT2D eigenvalue weighted by atomic mass is 19.4. The molecule has 0 aromatic rings. The summed E-state index contributed by atoms with van der Waals surface area (Å²) in [7, 11) is 0. The average molecular weight is 271 g/mol. The van der Waals surface area contributed by atoms with Crippen LogP contribution in [0.3, 0.4) is 0 Å². The van der Waals surface area contributed by atoms with Gasteiger partial charge < -0.3 is 15.2 Å². The van der Waals surface area contributed by atoms with Crippen LogP contribution in [-0.2, 0) is 9.53 Å². The molecule has 0 heterocycles. The van der Waals surface area contributed by atoms with E-state index in [2.05, 4.69) is 10.1 Å². The monoisotopic (exact) mass is 271 g/mol. The molecule has 18 heavy (non-hydrogen) atoms. The van der Waals surface area contributed by atoms with Gasteiger partial charge in [0.05, 0.1) is 6.61 Å². The molecule has 0 fully saturated rings. The molecule has 0 radical (unpaired) electrons. The Kier molecular flexibility index (Phi) is 7.93. The van der Waals surface area contributed by atoms with E-state index >= 15 is 0 Å². The molecule has 4 nitrogen and oxygen atoms in total. The number of carbonyl (C=O) groups excluding carboxylic acids is 1. The number of hydrogen-bond acceptors (Lipinski definition) is 3. The first-order chi connectivity index (χ1) is 8.26. The summed E-state index contributed by atoms with van der Waals surface area (Å²) >= 11 is 0. The lowest BCUT2D eigenvalue weighted by atomic mass is 10.0. The van der Waals surface area contributed by atoms with Crippen molar-refractivity contribution in [3.8, 4) is 0 Å². The third-order valence-electron chi connectivity index (χ3n) is 2.33. The fourth-order valence-corrected chi connectivity index (χ4v) is 1.34. The van der Waals surface area contributed by atoms with Gasteiger partial charge in [0.1, 0.15) is 6.61 Å². The molecule has 0 aromatic heterocycles. The summed E-state index contributed by atoms with van der Waals surface area (Å²) in [5.74, 6) is -0.221. The van der Waals surface area contributed by atoms with Crippen LogP contribution in [0.15, 0.2) is 0 Å². The van der Waals surface area contributed by atoms with Crippen molar-refractivity contribution >= 4 is 5.91 Å². The number of ether oxygens (including phenoxy) is 1. The largest absolute Gasteiger partial charge is 0.411 e. The Labute approximate surface area is 105 Å². The maximum atomic E-state index is 11.7. The van der Waals surface area contributed by atoms with Crippen molar-refractivity contribution in [2.24, 2.45) is 5.92 Å². The summed E-state index contributed by atoms with van der Waals surface area (Å²) < 4.78 is 39.6. The number of hydrogen-bond donors (Lipinski definition) is 2. The zero-order valence-electron chi connectivity index (χ0n) is 10.6. The fourth-order valence-electron chi connectivity index (χ4n) is 1.34. The van der Waals surface area contributed by atoms with Crippen molar-refractivity contribution in [1.82, 2.24) is 5.32 Å². The number of amides is 1. The Morgan fingerprint density at radius 2 is 2.00 bits per heavy atom. The second-order valence-electron chi connectivity index (χ2n) is 4.35. The van der Waals surface area contributed by atoms with E-state index in [1.54, 1.807) is 0 Å². The van der Waals surface area contributed by atoms with Gasteiger partial charge in [-0.2, -0.15) is 13.2 Å². The average Bonchev–Trinajstić information content (AvgIpc) is 2.22. The molecule has 0 saturated carbocycles. The number of nitrogens with one attached hydrogen (secondary N) is 1. The summed E-state index contributed by atoms with van der Waals surface area (Å²) in [4.78, 5) is 11.4. The maximum Gasteiger partial charge on any atom is 0.411 e. The third kappa shape index (κ3) is 9.23. The molecule has 0 rings (SSSR count). The van der Waals surface area contributed by atoms with Gasteiger partial charge in [-0.25, -0.2) is 0 Å². The van der Waals surface area contributed by atoms with E-state index in [0.29, 0.717) is 6.42 Å². The van der Waals surface area contributed by atoms with Crippen LogP contribution < -0.4 is 5.32 Å². The molecule has 0 bridgehead atoms. The molecule has 1 unspecified atom stereocenters. The molecule has 0 spiro atoms. The van der Waals surface area contributed by atoms with Crippen LogP contribution in [0.4, 0.5) is 13.2 Å². The predicted octanol–water partition coefficient (Wildman–Crippen LogP) is 1.48. The van der Waals surface area contributed by atoms with Gasteiger partial charge in [0.25, 0.3) is 0 Å².